The minimum absolute atomic E-state index is 0.154. The van der Waals surface area contributed by atoms with Crippen molar-refractivity contribution >= 4 is 17.7 Å². The SMILES string of the molecule is CC(=O)NCC1OC(=O)N2c3cc(F)c(-c4ccc(CNCC(O)CF)cc4)cc3C[C@@H]12. The van der Waals surface area contributed by atoms with Crippen molar-refractivity contribution in [3.8, 4) is 11.1 Å². The summed E-state index contributed by atoms with van der Waals surface area (Å²) in [5.74, 6) is -0.653. The lowest BCUT2D eigenvalue weighted by molar-refractivity contribution is -0.119. The van der Waals surface area contributed by atoms with Crippen LogP contribution in [0.15, 0.2) is 36.4 Å². The molecule has 3 N–H and O–H groups in total. The summed E-state index contributed by atoms with van der Waals surface area (Å²) in [6.07, 6.45) is -1.54. The van der Waals surface area contributed by atoms with Crippen LogP contribution in [-0.4, -0.2) is 55.1 Å². The van der Waals surface area contributed by atoms with Crippen molar-refractivity contribution in [2.24, 2.45) is 0 Å². The number of alkyl halides is 1. The maximum Gasteiger partial charge on any atom is 0.415 e. The van der Waals surface area contributed by atoms with Crippen LogP contribution >= 0.6 is 0 Å². The number of anilines is 1. The van der Waals surface area contributed by atoms with Crippen LogP contribution in [0.4, 0.5) is 19.3 Å². The van der Waals surface area contributed by atoms with E-state index in [0.717, 1.165) is 11.1 Å². The molecule has 1 fully saturated rings. The van der Waals surface area contributed by atoms with Crippen LogP contribution in [0.2, 0.25) is 0 Å². The van der Waals surface area contributed by atoms with Gasteiger partial charge in [0, 0.05) is 25.6 Å². The fourth-order valence-corrected chi connectivity index (χ4v) is 4.17. The zero-order valence-electron chi connectivity index (χ0n) is 17.6. The molecule has 1 saturated heterocycles. The van der Waals surface area contributed by atoms with E-state index in [0.29, 0.717) is 29.8 Å². The van der Waals surface area contributed by atoms with Crippen molar-refractivity contribution in [1.29, 1.82) is 0 Å². The first-order valence-corrected chi connectivity index (χ1v) is 10.5. The Morgan fingerprint density at radius 1 is 1.31 bits per heavy atom. The van der Waals surface area contributed by atoms with E-state index in [4.69, 9.17) is 4.74 Å². The smallest absolute Gasteiger partial charge is 0.415 e. The van der Waals surface area contributed by atoms with E-state index >= 15 is 0 Å². The van der Waals surface area contributed by atoms with Gasteiger partial charge < -0.3 is 20.5 Å². The number of hydrogen-bond donors (Lipinski definition) is 3. The minimum atomic E-state index is -1.03. The number of amides is 2. The lowest BCUT2D eigenvalue weighted by Crippen LogP contribution is -2.40. The number of carbonyl (C=O) groups excluding carboxylic acids is 2. The maximum absolute atomic E-state index is 15.0. The molecule has 170 valence electrons. The summed E-state index contributed by atoms with van der Waals surface area (Å²) in [6.45, 7) is 1.42. The van der Waals surface area contributed by atoms with Gasteiger partial charge in [-0.3, -0.25) is 9.69 Å². The maximum atomic E-state index is 15.0. The Labute approximate surface area is 184 Å². The molecule has 9 heteroatoms. The second kappa shape index (κ2) is 9.22. The molecular weight excluding hydrogens is 420 g/mol. The molecule has 3 atom stereocenters. The molecule has 0 radical (unpaired) electrons. The quantitative estimate of drug-likeness (QED) is 0.580. The van der Waals surface area contributed by atoms with Gasteiger partial charge in [0.25, 0.3) is 0 Å². The predicted molar refractivity (Wildman–Crippen MR) is 114 cm³/mol. The Bertz CT molecular complexity index is 1020. The molecule has 2 amide bonds. The Hall–Kier alpha value is -3.04. The van der Waals surface area contributed by atoms with Crippen molar-refractivity contribution in [3.63, 3.8) is 0 Å². The molecule has 2 aromatic rings. The summed E-state index contributed by atoms with van der Waals surface area (Å²) in [6, 6.07) is 10.1. The number of nitrogens with zero attached hydrogens (tertiary/aromatic N) is 1. The molecule has 2 aliphatic rings. The third-order valence-electron chi connectivity index (χ3n) is 5.77. The highest BCUT2D eigenvalue weighted by Gasteiger charge is 2.47. The van der Waals surface area contributed by atoms with Gasteiger partial charge in [-0.1, -0.05) is 24.3 Å². The molecule has 0 aliphatic carbocycles. The number of ether oxygens (including phenoxy) is 1. The molecule has 2 unspecified atom stereocenters. The van der Waals surface area contributed by atoms with Crippen molar-refractivity contribution in [1.82, 2.24) is 10.6 Å². The molecule has 7 nitrogen and oxygen atoms in total. The van der Waals surface area contributed by atoms with Crippen LogP contribution in [0, 0.1) is 5.82 Å². The molecule has 0 aromatic heterocycles. The summed E-state index contributed by atoms with van der Waals surface area (Å²) in [7, 11) is 0. The van der Waals surface area contributed by atoms with E-state index in [1.165, 1.54) is 17.9 Å². The molecular formula is C23H25F2N3O4. The third kappa shape index (κ3) is 4.44. The monoisotopic (exact) mass is 445 g/mol. The van der Waals surface area contributed by atoms with Crippen LogP contribution in [0.3, 0.4) is 0 Å². The number of rotatable bonds is 8. The number of cyclic esters (lactones) is 1. The average Bonchev–Trinajstić information content (AvgIpc) is 3.29. The van der Waals surface area contributed by atoms with E-state index < -0.39 is 30.8 Å². The van der Waals surface area contributed by atoms with Gasteiger partial charge in [0.05, 0.1) is 24.4 Å². The first kappa shape index (κ1) is 22.2. The minimum Gasteiger partial charge on any atom is -0.442 e. The highest BCUT2D eigenvalue weighted by atomic mass is 19.1. The highest BCUT2D eigenvalue weighted by Crippen LogP contribution is 2.41. The van der Waals surface area contributed by atoms with E-state index in [1.807, 2.05) is 12.1 Å². The normalized spacial score (nSPS) is 20.0. The Morgan fingerprint density at radius 3 is 2.75 bits per heavy atom. The van der Waals surface area contributed by atoms with Crippen molar-refractivity contribution in [2.75, 3.05) is 24.7 Å². The average molecular weight is 445 g/mol. The third-order valence-corrected chi connectivity index (χ3v) is 5.77. The first-order valence-electron chi connectivity index (χ1n) is 10.5. The van der Waals surface area contributed by atoms with Crippen molar-refractivity contribution in [3.05, 3.63) is 53.3 Å². The zero-order valence-corrected chi connectivity index (χ0v) is 17.6. The van der Waals surface area contributed by atoms with Gasteiger partial charge in [0.2, 0.25) is 5.91 Å². The van der Waals surface area contributed by atoms with Gasteiger partial charge in [-0.05, 0) is 35.2 Å². The number of aliphatic hydroxyl groups excluding tert-OH is 1. The van der Waals surface area contributed by atoms with Gasteiger partial charge in [-0.15, -0.1) is 0 Å². The number of aliphatic hydroxyl groups is 1. The molecule has 2 heterocycles. The van der Waals surface area contributed by atoms with Crippen LogP contribution in [-0.2, 0) is 22.5 Å². The van der Waals surface area contributed by atoms with Crippen molar-refractivity contribution < 1.29 is 28.2 Å². The number of hydrogen-bond acceptors (Lipinski definition) is 5. The van der Waals surface area contributed by atoms with Crippen LogP contribution < -0.4 is 15.5 Å². The lowest BCUT2D eigenvalue weighted by Gasteiger charge is -2.16. The number of fused-ring (bicyclic) bond motifs is 3. The summed E-state index contributed by atoms with van der Waals surface area (Å²) in [4.78, 5) is 25.0. The molecule has 0 bridgehead atoms. The highest BCUT2D eigenvalue weighted by molar-refractivity contribution is 5.94. The summed E-state index contributed by atoms with van der Waals surface area (Å²) >= 11 is 0. The standard InChI is InChI=1S/C23H25F2N3O4/c1-13(29)27-12-22-21-7-16-6-18(19(25)8-20(16)28(21)23(31)32-22)15-4-2-14(3-5-15)10-26-11-17(30)9-24/h2-6,8,17,21-22,26,30H,7,9-12H2,1H3,(H,27,29)/t17?,21-,22?/m0/s1. The van der Waals surface area contributed by atoms with Crippen LogP contribution in [0.25, 0.3) is 11.1 Å². The number of halogens is 2. The van der Waals surface area contributed by atoms with Crippen molar-refractivity contribution in [2.45, 2.75) is 38.1 Å². The van der Waals surface area contributed by atoms with E-state index in [1.54, 1.807) is 18.2 Å². The zero-order chi connectivity index (χ0) is 22.8. The predicted octanol–water partition coefficient (Wildman–Crippen LogP) is 2.30. The van der Waals surface area contributed by atoms with Gasteiger partial charge in [0.15, 0.2) is 0 Å². The Kier molecular flexibility index (Phi) is 6.38. The summed E-state index contributed by atoms with van der Waals surface area (Å²) < 4.78 is 32.7. The number of nitrogens with one attached hydrogen (secondary N) is 2. The number of carbonyl (C=O) groups is 2. The van der Waals surface area contributed by atoms with Gasteiger partial charge in [-0.2, -0.15) is 0 Å². The van der Waals surface area contributed by atoms with E-state index in [2.05, 4.69) is 10.6 Å². The molecule has 4 rings (SSSR count). The fourth-order valence-electron chi connectivity index (χ4n) is 4.17. The topological polar surface area (TPSA) is 90.9 Å². The number of benzene rings is 2. The second-order valence-electron chi connectivity index (χ2n) is 8.10. The van der Waals surface area contributed by atoms with Crippen LogP contribution in [0.1, 0.15) is 18.1 Å². The second-order valence-corrected chi connectivity index (χ2v) is 8.10. The molecule has 0 spiro atoms. The van der Waals surface area contributed by atoms with Gasteiger partial charge in [-0.25, -0.2) is 13.6 Å². The van der Waals surface area contributed by atoms with Gasteiger partial charge in [0.1, 0.15) is 18.6 Å². The lowest BCUT2D eigenvalue weighted by atomic mass is 9.98. The summed E-state index contributed by atoms with van der Waals surface area (Å²) in [5, 5.41) is 14.9. The largest absolute Gasteiger partial charge is 0.442 e. The molecule has 0 saturated carbocycles. The summed E-state index contributed by atoms with van der Waals surface area (Å²) in [5.41, 5.74) is 3.40. The van der Waals surface area contributed by atoms with Gasteiger partial charge >= 0.3 is 6.09 Å². The Morgan fingerprint density at radius 2 is 2.06 bits per heavy atom. The van der Waals surface area contributed by atoms with Crippen LogP contribution in [0.5, 0.6) is 0 Å². The van der Waals surface area contributed by atoms with E-state index in [-0.39, 0.29) is 25.0 Å². The Balaban J connectivity index is 1.49. The molecule has 2 aromatic carbocycles. The first-order chi connectivity index (χ1) is 15.4. The fraction of sp³-hybridized carbons (Fsp3) is 0.391. The molecule has 32 heavy (non-hydrogen) atoms. The van der Waals surface area contributed by atoms with E-state index in [9.17, 15) is 23.5 Å². The molecule has 2 aliphatic heterocycles.